The zero-order chi connectivity index (χ0) is 4.83. The fourth-order valence-corrected chi connectivity index (χ4v) is 0.164. The van der Waals surface area contributed by atoms with Crippen molar-refractivity contribution in [3.05, 3.63) is 12.2 Å². The molecule has 0 amide bonds. The quantitative estimate of drug-likeness (QED) is 0.349. The van der Waals surface area contributed by atoms with E-state index in [9.17, 15) is 0 Å². The van der Waals surface area contributed by atoms with E-state index in [4.69, 9.17) is 0 Å². The third-order valence-corrected chi connectivity index (χ3v) is 0.450. The minimum absolute atomic E-state index is 0.622. The molecule has 0 aliphatic heterocycles. The number of allylic oxidation sites excluding steroid dienone is 1. The molecule has 0 saturated heterocycles. The van der Waals surface area contributed by atoms with Gasteiger partial charge in [0.1, 0.15) is 0 Å². The highest BCUT2D eigenvalue weighted by atomic mass is 16.4. The first kappa shape index (κ1) is 5.41. The van der Waals surface area contributed by atoms with Crippen LogP contribution in [0.25, 0.3) is 0 Å². The minimum atomic E-state index is 0.622. The van der Waals surface area contributed by atoms with E-state index in [-0.39, 0.29) is 0 Å². The van der Waals surface area contributed by atoms with Crippen LogP contribution >= 0.6 is 0 Å². The Kier molecular flexibility index (Phi) is 3.98. The van der Waals surface area contributed by atoms with Crippen LogP contribution in [0.15, 0.2) is 12.2 Å². The average Bonchev–Trinajstić information content (AvgIpc) is 1.61. The van der Waals surface area contributed by atoms with Gasteiger partial charge in [0.25, 0.3) is 13.4 Å². The summed E-state index contributed by atoms with van der Waals surface area (Å²) in [4.78, 5) is 0. The molecule has 0 aromatic heterocycles. The van der Waals surface area contributed by atoms with Crippen molar-refractivity contribution >= 4 is 6.79 Å². The molecule has 0 bridgehead atoms. The fraction of sp³-hybridized carbons (Fsp3) is 0.400. The van der Waals surface area contributed by atoms with Gasteiger partial charge in [0.15, 0.2) is 0 Å². The highest BCUT2D eigenvalue weighted by molar-refractivity contribution is 5.12. The molecule has 1 nitrogen and oxygen atoms in total. The molecule has 0 spiro atoms. The first-order valence-corrected chi connectivity index (χ1v) is 1.90. The fourth-order valence-electron chi connectivity index (χ4n) is 0.164. The van der Waals surface area contributed by atoms with Crippen LogP contribution in [0.2, 0.25) is 0 Å². The molecule has 0 rings (SSSR count). The number of hydrogen-bond acceptors (Lipinski definition) is 0. The molecule has 0 aliphatic rings. The van der Waals surface area contributed by atoms with Gasteiger partial charge in [-0.3, -0.25) is 4.42 Å². The SMILES string of the molecule is C=[O+]C/C=C/C. The van der Waals surface area contributed by atoms with Gasteiger partial charge in [0.05, 0.1) is 0 Å². The van der Waals surface area contributed by atoms with Gasteiger partial charge >= 0.3 is 0 Å². The Labute approximate surface area is 38.0 Å². The summed E-state index contributed by atoms with van der Waals surface area (Å²) in [5.74, 6) is 0. The van der Waals surface area contributed by atoms with Crippen molar-refractivity contribution in [1.82, 2.24) is 0 Å². The van der Waals surface area contributed by atoms with E-state index >= 15 is 0 Å². The predicted octanol–water partition coefficient (Wildman–Crippen LogP) is 0.927. The van der Waals surface area contributed by atoms with Crippen LogP contribution in [0.1, 0.15) is 6.92 Å². The third kappa shape index (κ3) is 3.41. The Bertz CT molecular complexity index is 55.0. The van der Waals surface area contributed by atoms with E-state index in [2.05, 4.69) is 11.2 Å². The Morgan fingerprint density at radius 3 is 2.67 bits per heavy atom. The van der Waals surface area contributed by atoms with Gasteiger partial charge in [0.2, 0.25) is 0 Å². The number of carbonyl (C=O) groups excluding carboxylic acids is 1. The summed E-state index contributed by atoms with van der Waals surface area (Å²) >= 11 is 0. The van der Waals surface area contributed by atoms with Gasteiger partial charge in [-0.15, -0.1) is 0 Å². The van der Waals surface area contributed by atoms with Crippen LogP contribution in [0.4, 0.5) is 0 Å². The molecule has 0 unspecified atom stereocenters. The van der Waals surface area contributed by atoms with Crippen molar-refractivity contribution in [2.24, 2.45) is 0 Å². The van der Waals surface area contributed by atoms with Gasteiger partial charge < -0.3 is 0 Å². The molecule has 0 saturated carbocycles. The van der Waals surface area contributed by atoms with Crippen LogP contribution < -0.4 is 0 Å². The summed E-state index contributed by atoms with van der Waals surface area (Å²) in [6.45, 7) is 5.74. The van der Waals surface area contributed by atoms with Crippen LogP contribution in [0.3, 0.4) is 0 Å². The van der Waals surface area contributed by atoms with E-state index in [1.807, 2.05) is 19.1 Å². The molecule has 0 atom stereocenters. The second-order valence-electron chi connectivity index (χ2n) is 0.940. The summed E-state index contributed by atoms with van der Waals surface area (Å²) < 4.78 is 4.45. The molecule has 0 radical (unpaired) electrons. The van der Waals surface area contributed by atoms with E-state index < -0.39 is 0 Å². The Hall–Kier alpha value is -0.590. The second kappa shape index (κ2) is 4.41. The van der Waals surface area contributed by atoms with Crippen LogP contribution in [0, 0.1) is 0 Å². The summed E-state index contributed by atoms with van der Waals surface area (Å²) in [5, 5.41) is 0. The van der Waals surface area contributed by atoms with Gasteiger partial charge in [-0.1, -0.05) is 6.08 Å². The van der Waals surface area contributed by atoms with Crippen LogP contribution in [0.5, 0.6) is 0 Å². The Morgan fingerprint density at radius 1 is 1.83 bits per heavy atom. The lowest BCUT2D eigenvalue weighted by atomic mass is 10.6. The smallest absolute Gasteiger partial charge is 0.266 e. The van der Waals surface area contributed by atoms with Crippen molar-refractivity contribution in [3.8, 4) is 0 Å². The first-order valence-electron chi connectivity index (χ1n) is 1.90. The maximum Gasteiger partial charge on any atom is 0.280 e. The van der Waals surface area contributed by atoms with Crippen molar-refractivity contribution in [2.75, 3.05) is 6.61 Å². The van der Waals surface area contributed by atoms with Crippen LogP contribution in [-0.4, -0.2) is 13.4 Å². The molecule has 0 aromatic rings. The zero-order valence-corrected chi connectivity index (χ0v) is 3.98. The van der Waals surface area contributed by atoms with Crippen molar-refractivity contribution in [2.45, 2.75) is 6.92 Å². The molecule has 6 heavy (non-hydrogen) atoms. The number of rotatable bonds is 2. The largest absolute Gasteiger partial charge is 0.280 e. The lowest BCUT2D eigenvalue weighted by Gasteiger charge is -1.61. The zero-order valence-electron chi connectivity index (χ0n) is 3.98. The monoisotopic (exact) mass is 85.1 g/mol. The summed E-state index contributed by atoms with van der Waals surface area (Å²) in [6.07, 6.45) is 3.82. The van der Waals surface area contributed by atoms with E-state index in [1.54, 1.807) is 0 Å². The highest BCUT2D eigenvalue weighted by Crippen LogP contribution is 1.63. The Morgan fingerprint density at radius 2 is 2.50 bits per heavy atom. The summed E-state index contributed by atoms with van der Waals surface area (Å²) in [5.41, 5.74) is 0. The molecular weight excluding hydrogens is 76.1 g/mol. The summed E-state index contributed by atoms with van der Waals surface area (Å²) in [6, 6.07) is 0. The van der Waals surface area contributed by atoms with Gasteiger partial charge in [-0.2, -0.15) is 0 Å². The van der Waals surface area contributed by atoms with Crippen molar-refractivity contribution in [1.29, 1.82) is 0 Å². The normalized spacial score (nSPS) is 9.50. The third-order valence-electron chi connectivity index (χ3n) is 0.450. The molecule has 0 fully saturated rings. The molecule has 34 valence electrons. The molecule has 0 N–H and O–H groups in total. The maximum absolute atomic E-state index is 4.45. The lowest BCUT2D eigenvalue weighted by Crippen LogP contribution is -1.71. The number of hydrogen-bond donors (Lipinski definition) is 0. The van der Waals surface area contributed by atoms with Crippen molar-refractivity contribution in [3.63, 3.8) is 0 Å². The van der Waals surface area contributed by atoms with Crippen LogP contribution in [-0.2, 0) is 4.42 Å². The molecule has 1 heteroatoms. The topological polar surface area (TPSA) is 11.3 Å². The van der Waals surface area contributed by atoms with E-state index in [0.29, 0.717) is 6.61 Å². The Balaban J connectivity index is 2.85. The predicted molar refractivity (Wildman–Crippen MR) is 26.8 cm³/mol. The van der Waals surface area contributed by atoms with Gasteiger partial charge in [-0.05, 0) is 6.92 Å². The molecule has 0 heterocycles. The highest BCUT2D eigenvalue weighted by Gasteiger charge is 1.69. The van der Waals surface area contributed by atoms with E-state index in [1.165, 1.54) is 0 Å². The summed E-state index contributed by atoms with van der Waals surface area (Å²) in [7, 11) is 0. The van der Waals surface area contributed by atoms with Crippen molar-refractivity contribution < 1.29 is 4.42 Å². The molecule has 0 aromatic carbocycles. The molecule has 0 aliphatic carbocycles. The standard InChI is InChI=1S/C5H9O/c1-3-4-5-6-2/h3-4H,2,5H2,1H3/q+1/b4-3+. The second-order valence-corrected chi connectivity index (χ2v) is 0.940. The van der Waals surface area contributed by atoms with Gasteiger partial charge in [-0.25, -0.2) is 0 Å². The van der Waals surface area contributed by atoms with E-state index in [0.717, 1.165) is 0 Å². The van der Waals surface area contributed by atoms with Gasteiger partial charge in [0, 0.05) is 6.08 Å². The molecular formula is C5H9O+. The maximum atomic E-state index is 4.45. The first-order chi connectivity index (χ1) is 2.91. The minimum Gasteiger partial charge on any atom is -0.266 e. The lowest BCUT2D eigenvalue weighted by molar-refractivity contribution is -0.434. The average molecular weight is 85.1 g/mol.